The van der Waals surface area contributed by atoms with Gasteiger partial charge in [-0.05, 0) is 81.1 Å². The number of hydrazine groups is 1. The van der Waals surface area contributed by atoms with Crippen molar-refractivity contribution in [1.82, 2.24) is 0 Å². The maximum Gasteiger partial charge on any atom is 0.248 e. The summed E-state index contributed by atoms with van der Waals surface area (Å²) in [7, 11) is 0. The number of carbonyl (C=O) groups is 1. The van der Waals surface area contributed by atoms with E-state index < -0.39 is 0 Å². The largest absolute Gasteiger partial charge is 0.290 e. The van der Waals surface area contributed by atoms with Gasteiger partial charge in [-0.2, -0.15) is 0 Å². The number of hydrogen-bond donors (Lipinski definition) is 1. The van der Waals surface area contributed by atoms with E-state index in [1.54, 1.807) is 5.01 Å². The predicted molar refractivity (Wildman–Crippen MR) is 108 cm³/mol. The number of nitrogens with zero attached hydrogens (tertiary/aromatic N) is 1. The van der Waals surface area contributed by atoms with Crippen LogP contribution in [0.25, 0.3) is 0 Å². The minimum atomic E-state index is 0.0860. The number of anilines is 2. The standard InChI is InChI=1S/C16H12Br4N2O/c17-10-3-5-14(12(19)7-10)21-22(16(23)9-1-2-9)15-6-4-11(18)8-13(15)20/h3-9,21H,1-2H2. The van der Waals surface area contributed by atoms with Crippen LogP contribution < -0.4 is 10.4 Å². The van der Waals surface area contributed by atoms with Crippen molar-refractivity contribution in [2.24, 2.45) is 5.92 Å². The summed E-state index contributed by atoms with van der Waals surface area (Å²) in [4.78, 5) is 12.7. The average Bonchev–Trinajstić information content (AvgIpc) is 3.31. The van der Waals surface area contributed by atoms with E-state index in [9.17, 15) is 4.79 Å². The molecule has 0 radical (unpaired) electrons. The lowest BCUT2D eigenvalue weighted by atomic mass is 10.2. The van der Waals surface area contributed by atoms with E-state index in [1.165, 1.54) is 0 Å². The number of nitrogens with one attached hydrogen (secondary N) is 1. The third kappa shape index (κ3) is 4.18. The van der Waals surface area contributed by atoms with Crippen LogP contribution in [0.5, 0.6) is 0 Å². The minimum Gasteiger partial charge on any atom is -0.290 e. The van der Waals surface area contributed by atoms with E-state index in [1.807, 2.05) is 36.4 Å². The summed E-state index contributed by atoms with van der Waals surface area (Å²) >= 11 is 14.0. The monoisotopic (exact) mass is 564 g/mol. The molecule has 2 aromatic carbocycles. The quantitative estimate of drug-likeness (QED) is 0.428. The first-order chi connectivity index (χ1) is 11.0. The van der Waals surface area contributed by atoms with Crippen molar-refractivity contribution in [3.8, 4) is 0 Å². The van der Waals surface area contributed by atoms with Crippen LogP contribution in [0.2, 0.25) is 0 Å². The molecular weight excluding hydrogens is 556 g/mol. The zero-order valence-electron chi connectivity index (χ0n) is 11.8. The predicted octanol–water partition coefficient (Wildman–Crippen LogP) is 6.51. The van der Waals surface area contributed by atoms with Crippen LogP contribution in [0, 0.1) is 5.92 Å². The van der Waals surface area contributed by atoms with Crippen molar-refractivity contribution in [2.45, 2.75) is 12.8 Å². The molecule has 1 fully saturated rings. The van der Waals surface area contributed by atoms with Gasteiger partial charge in [0.25, 0.3) is 0 Å². The van der Waals surface area contributed by atoms with Gasteiger partial charge in [0.05, 0.1) is 11.4 Å². The molecule has 1 amide bonds. The van der Waals surface area contributed by atoms with Crippen LogP contribution in [-0.4, -0.2) is 5.91 Å². The molecular formula is C16H12Br4N2O. The van der Waals surface area contributed by atoms with E-state index >= 15 is 0 Å². The Balaban J connectivity index is 1.96. The number of amides is 1. The Kier molecular flexibility index (Phi) is 5.50. The Bertz CT molecular complexity index is 762. The average molecular weight is 568 g/mol. The Labute approximate surface area is 168 Å². The van der Waals surface area contributed by atoms with Crippen LogP contribution in [0.15, 0.2) is 54.3 Å². The zero-order valence-corrected chi connectivity index (χ0v) is 18.2. The Morgan fingerprint density at radius 3 is 2.13 bits per heavy atom. The van der Waals surface area contributed by atoms with Crippen molar-refractivity contribution < 1.29 is 4.79 Å². The van der Waals surface area contributed by atoms with Gasteiger partial charge < -0.3 is 0 Å². The fraction of sp³-hybridized carbons (Fsp3) is 0.188. The zero-order chi connectivity index (χ0) is 16.6. The summed E-state index contributed by atoms with van der Waals surface area (Å²) in [6.45, 7) is 0. The first-order valence-corrected chi connectivity index (χ1v) is 10.1. The van der Waals surface area contributed by atoms with E-state index in [2.05, 4.69) is 69.1 Å². The molecule has 1 aliphatic rings. The van der Waals surface area contributed by atoms with Gasteiger partial charge in [0.1, 0.15) is 0 Å². The summed E-state index contributed by atoms with van der Waals surface area (Å²) in [5, 5.41) is 1.63. The second-order valence-electron chi connectivity index (χ2n) is 5.28. The summed E-state index contributed by atoms with van der Waals surface area (Å²) in [6.07, 6.45) is 1.90. The number of benzene rings is 2. The van der Waals surface area contributed by atoms with E-state index in [0.29, 0.717) is 0 Å². The highest BCUT2D eigenvalue weighted by molar-refractivity contribution is 9.11. The second kappa shape index (κ2) is 7.25. The van der Waals surface area contributed by atoms with Gasteiger partial charge >= 0.3 is 0 Å². The number of carbonyl (C=O) groups excluding carboxylic acids is 1. The fourth-order valence-corrected chi connectivity index (χ4v) is 4.47. The van der Waals surface area contributed by atoms with Crippen LogP contribution in [0.4, 0.5) is 11.4 Å². The molecule has 1 saturated carbocycles. The summed E-state index contributed by atoms with van der Waals surface area (Å²) < 4.78 is 3.66. The molecule has 0 saturated heterocycles. The molecule has 120 valence electrons. The highest BCUT2D eigenvalue weighted by atomic mass is 79.9. The van der Waals surface area contributed by atoms with Crippen molar-refractivity contribution in [3.05, 3.63) is 54.3 Å². The molecule has 1 N–H and O–H groups in total. The van der Waals surface area contributed by atoms with Gasteiger partial charge in [-0.15, -0.1) is 0 Å². The van der Waals surface area contributed by atoms with Crippen molar-refractivity contribution >= 4 is 81.0 Å². The Morgan fingerprint density at radius 2 is 1.57 bits per heavy atom. The van der Waals surface area contributed by atoms with Crippen LogP contribution in [0.3, 0.4) is 0 Å². The lowest BCUT2D eigenvalue weighted by molar-refractivity contribution is -0.119. The van der Waals surface area contributed by atoms with Gasteiger partial charge in [-0.25, -0.2) is 5.01 Å². The minimum absolute atomic E-state index is 0.0860. The van der Waals surface area contributed by atoms with Gasteiger partial charge in [0.15, 0.2) is 0 Å². The lowest BCUT2D eigenvalue weighted by Crippen LogP contribution is -2.37. The number of hydrogen-bond acceptors (Lipinski definition) is 2. The number of rotatable bonds is 4. The normalized spacial score (nSPS) is 13.7. The highest BCUT2D eigenvalue weighted by Gasteiger charge is 2.35. The molecule has 23 heavy (non-hydrogen) atoms. The molecule has 3 rings (SSSR count). The molecule has 7 heteroatoms. The first kappa shape index (κ1) is 17.5. The van der Waals surface area contributed by atoms with Crippen molar-refractivity contribution in [2.75, 3.05) is 10.4 Å². The second-order valence-corrected chi connectivity index (χ2v) is 8.82. The molecule has 0 heterocycles. The molecule has 0 unspecified atom stereocenters. The first-order valence-electron chi connectivity index (χ1n) is 6.96. The van der Waals surface area contributed by atoms with E-state index in [4.69, 9.17) is 0 Å². The summed E-state index contributed by atoms with van der Waals surface area (Å²) in [5.41, 5.74) is 4.87. The molecule has 0 atom stereocenters. The molecule has 1 aliphatic carbocycles. The van der Waals surface area contributed by atoms with Gasteiger partial charge in [-0.3, -0.25) is 10.2 Å². The Morgan fingerprint density at radius 1 is 0.957 bits per heavy atom. The van der Waals surface area contributed by atoms with Crippen molar-refractivity contribution in [3.63, 3.8) is 0 Å². The maximum atomic E-state index is 12.7. The van der Waals surface area contributed by atoms with Gasteiger partial charge in [0.2, 0.25) is 5.91 Å². The lowest BCUT2D eigenvalue weighted by Gasteiger charge is -2.26. The molecule has 0 bridgehead atoms. The van der Waals surface area contributed by atoms with Crippen LogP contribution in [-0.2, 0) is 4.79 Å². The number of halogens is 4. The Hall–Kier alpha value is -0.370. The van der Waals surface area contributed by atoms with Crippen LogP contribution >= 0.6 is 63.7 Å². The third-order valence-electron chi connectivity index (χ3n) is 3.46. The SMILES string of the molecule is O=C(C1CC1)N(Nc1ccc(Br)cc1Br)c1ccc(Br)cc1Br. The third-order valence-corrected chi connectivity index (χ3v) is 5.74. The maximum absolute atomic E-state index is 12.7. The fourth-order valence-electron chi connectivity index (χ4n) is 2.11. The molecule has 0 aliphatic heterocycles. The highest BCUT2D eigenvalue weighted by Crippen LogP contribution is 2.37. The smallest absolute Gasteiger partial charge is 0.248 e. The molecule has 0 aromatic heterocycles. The molecule has 3 nitrogen and oxygen atoms in total. The molecule has 0 spiro atoms. The van der Waals surface area contributed by atoms with Crippen LogP contribution in [0.1, 0.15) is 12.8 Å². The van der Waals surface area contributed by atoms with Gasteiger partial charge in [-0.1, -0.05) is 31.9 Å². The van der Waals surface area contributed by atoms with Gasteiger partial charge in [0, 0.05) is 23.8 Å². The van der Waals surface area contributed by atoms with Crippen molar-refractivity contribution in [1.29, 1.82) is 0 Å². The van der Waals surface area contributed by atoms with E-state index in [-0.39, 0.29) is 11.8 Å². The summed E-state index contributed by atoms with van der Waals surface area (Å²) in [6, 6.07) is 11.6. The van der Waals surface area contributed by atoms with E-state index in [0.717, 1.165) is 42.1 Å². The topological polar surface area (TPSA) is 32.3 Å². The molecule has 2 aromatic rings. The summed E-state index contributed by atoms with van der Waals surface area (Å²) in [5.74, 6) is 0.190.